The molecule has 0 bridgehead atoms. The highest BCUT2D eigenvalue weighted by Crippen LogP contribution is 2.31. The van der Waals surface area contributed by atoms with Crippen LogP contribution < -0.4 is 5.32 Å². The summed E-state index contributed by atoms with van der Waals surface area (Å²) in [4.78, 5) is 11.2. The zero-order valence-corrected chi connectivity index (χ0v) is 11.0. The van der Waals surface area contributed by atoms with Crippen molar-refractivity contribution >= 4 is 22.5 Å². The van der Waals surface area contributed by atoms with Crippen molar-refractivity contribution in [2.24, 2.45) is 5.92 Å². The molecule has 2 N–H and O–H groups in total. The number of nitrogens with zero attached hydrogens (tertiary/aromatic N) is 1. The first-order valence-electron chi connectivity index (χ1n) is 6.05. The summed E-state index contributed by atoms with van der Waals surface area (Å²) < 4.78 is 4.13. The first-order valence-corrected chi connectivity index (χ1v) is 6.83. The Morgan fingerprint density at radius 1 is 1.47 bits per heavy atom. The maximum absolute atomic E-state index is 11.2. The van der Waals surface area contributed by atoms with Gasteiger partial charge in [0, 0.05) is 6.04 Å². The molecule has 1 aliphatic carbocycles. The minimum atomic E-state index is -0.887. The highest BCUT2D eigenvalue weighted by molar-refractivity contribution is 7.10. The van der Waals surface area contributed by atoms with Crippen molar-refractivity contribution in [3.63, 3.8) is 0 Å². The van der Waals surface area contributed by atoms with E-state index < -0.39 is 5.97 Å². The topological polar surface area (TPSA) is 62.2 Å². The number of hydrogen-bond donors (Lipinski definition) is 2. The molecule has 17 heavy (non-hydrogen) atoms. The summed E-state index contributed by atoms with van der Waals surface area (Å²) in [5, 5.41) is 13.3. The summed E-state index contributed by atoms with van der Waals surface area (Å²) in [5.41, 5.74) is 0.946. The van der Waals surface area contributed by atoms with Gasteiger partial charge in [-0.15, -0.1) is 0 Å². The molecule has 1 aliphatic rings. The van der Waals surface area contributed by atoms with Crippen LogP contribution in [0.15, 0.2) is 0 Å². The molecule has 0 aliphatic heterocycles. The van der Waals surface area contributed by atoms with Crippen LogP contribution in [0.2, 0.25) is 0 Å². The van der Waals surface area contributed by atoms with Gasteiger partial charge in [-0.1, -0.05) is 19.8 Å². The molecule has 2 atom stereocenters. The molecular weight excluding hydrogens is 236 g/mol. The van der Waals surface area contributed by atoms with Crippen molar-refractivity contribution in [1.29, 1.82) is 0 Å². The van der Waals surface area contributed by atoms with Crippen LogP contribution in [0.5, 0.6) is 0 Å². The van der Waals surface area contributed by atoms with Gasteiger partial charge in [-0.3, -0.25) is 0 Å². The van der Waals surface area contributed by atoms with Crippen LogP contribution in [-0.4, -0.2) is 21.5 Å². The van der Waals surface area contributed by atoms with E-state index in [1.807, 2.05) is 0 Å². The van der Waals surface area contributed by atoms with E-state index in [1.165, 1.54) is 30.8 Å². The van der Waals surface area contributed by atoms with Crippen molar-refractivity contribution in [3.05, 3.63) is 11.3 Å². The number of hydrogen-bond acceptors (Lipinski definition) is 4. The maximum Gasteiger partial charge on any atom is 0.340 e. The summed E-state index contributed by atoms with van der Waals surface area (Å²) in [6.07, 6.45) is 4.85. The van der Waals surface area contributed by atoms with Gasteiger partial charge in [-0.05, 0) is 37.2 Å². The van der Waals surface area contributed by atoms with Gasteiger partial charge < -0.3 is 10.4 Å². The van der Waals surface area contributed by atoms with E-state index in [0.29, 0.717) is 28.2 Å². The number of carboxylic acids is 1. The molecule has 4 nitrogen and oxygen atoms in total. The number of aromatic carboxylic acids is 1. The Kier molecular flexibility index (Phi) is 3.66. The van der Waals surface area contributed by atoms with E-state index in [0.717, 1.165) is 6.42 Å². The van der Waals surface area contributed by atoms with Crippen molar-refractivity contribution in [2.45, 2.75) is 45.6 Å². The zero-order chi connectivity index (χ0) is 12.4. The van der Waals surface area contributed by atoms with Gasteiger partial charge in [0.15, 0.2) is 0 Å². The Hall–Kier alpha value is -1.10. The lowest BCUT2D eigenvalue weighted by atomic mass is 9.86. The number of nitrogens with one attached hydrogen (secondary N) is 1. The Bertz CT molecular complexity index is 417. The molecule has 5 heteroatoms. The molecule has 1 aromatic heterocycles. The van der Waals surface area contributed by atoms with E-state index in [4.69, 9.17) is 5.11 Å². The first-order chi connectivity index (χ1) is 8.09. The third kappa shape index (κ3) is 2.60. The van der Waals surface area contributed by atoms with Gasteiger partial charge in [0.2, 0.25) is 0 Å². The summed E-state index contributed by atoms with van der Waals surface area (Å²) in [5.74, 6) is -0.282. The molecule has 1 heterocycles. The van der Waals surface area contributed by atoms with Crippen LogP contribution in [0.3, 0.4) is 0 Å². The van der Waals surface area contributed by atoms with Gasteiger partial charge in [-0.2, -0.15) is 4.37 Å². The molecule has 94 valence electrons. The average Bonchev–Trinajstić information content (AvgIpc) is 2.63. The van der Waals surface area contributed by atoms with E-state index in [2.05, 4.69) is 16.6 Å². The second-order valence-electron chi connectivity index (χ2n) is 4.79. The molecule has 0 radical (unpaired) electrons. The number of rotatable bonds is 3. The Balaban J connectivity index is 2.15. The fourth-order valence-corrected chi connectivity index (χ4v) is 3.27. The van der Waals surface area contributed by atoms with Crippen molar-refractivity contribution < 1.29 is 9.90 Å². The first kappa shape index (κ1) is 12.4. The molecule has 1 aromatic rings. The summed E-state index contributed by atoms with van der Waals surface area (Å²) in [6.45, 7) is 3.97. The van der Waals surface area contributed by atoms with Gasteiger partial charge >= 0.3 is 5.97 Å². The molecule has 0 saturated heterocycles. The summed E-state index contributed by atoms with van der Waals surface area (Å²) in [6, 6.07) is 0.390. The van der Waals surface area contributed by atoms with Gasteiger partial charge in [0.05, 0.1) is 5.69 Å². The molecular formula is C12H18N2O2S. The second-order valence-corrected chi connectivity index (χ2v) is 5.56. The zero-order valence-electron chi connectivity index (χ0n) is 10.2. The maximum atomic E-state index is 11.2. The highest BCUT2D eigenvalue weighted by Gasteiger charge is 2.25. The van der Waals surface area contributed by atoms with Crippen LogP contribution in [0.1, 0.15) is 48.7 Å². The fraction of sp³-hybridized carbons (Fsp3) is 0.667. The monoisotopic (exact) mass is 254 g/mol. The van der Waals surface area contributed by atoms with Crippen molar-refractivity contribution in [3.8, 4) is 0 Å². The third-order valence-corrected chi connectivity index (χ3v) is 4.37. The van der Waals surface area contributed by atoms with E-state index in [9.17, 15) is 4.79 Å². The van der Waals surface area contributed by atoms with Gasteiger partial charge in [0.25, 0.3) is 0 Å². The standard InChI is InChI=1S/C12H18N2O2S/c1-7-5-3-4-6-9(7)13-11-10(12(15)16)8(2)14-17-11/h7,9,13H,3-6H2,1-2H3,(H,15,16). The molecule has 1 fully saturated rings. The van der Waals surface area contributed by atoms with Crippen LogP contribution >= 0.6 is 11.5 Å². The Morgan fingerprint density at radius 3 is 2.82 bits per heavy atom. The van der Waals surface area contributed by atoms with Crippen molar-refractivity contribution in [1.82, 2.24) is 4.37 Å². The number of carbonyl (C=O) groups is 1. The minimum absolute atomic E-state index is 0.341. The van der Waals surface area contributed by atoms with E-state index in [1.54, 1.807) is 6.92 Å². The third-order valence-electron chi connectivity index (χ3n) is 3.50. The van der Waals surface area contributed by atoms with Crippen molar-refractivity contribution in [2.75, 3.05) is 5.32 Å². The molecule has 0 aromatic carbocycles. The average molecular weight is 254 g/mol. The van der Waals surface area contributed by atoms with Gasteiger partial charge in [0.1, 0.15) is 10.6 Å². The van der Waals surface area contributed by atoms with Crippen LogP contribution in [-0.2, 0) is 0 Å². The SMILES string of the molecule is Cc1nsc(NC2CCCCC2C)c1C(=O)O. The minimum Gasteiger partial charge on any atom is -0.478 e. The van der Waals surface area contributed by atoms with Crippen LogP contribution in [0.25, 0.3) is 0 Å². The molecule has 0 amide bonds. The predicted octanol–water partition coefficient (Wildman–Crippen LogP) is 3.14. The van der Waals surface area contributed by atoms with Crippen LogP contribution in [0, 0.1) is 12.8 Å². The lowest BCUT2D eigenvalue weighted by Gasteiger charge is -2.29. The highest BCUT2D eigenvalue weighted by atomic mass is 32.1. The Labute approximate surface area is 105 Å². The molecule has 1 saturated carbocycles. The molecule has 2 unspecified atom stereocenters. The second kappa shape index (κ2) is 5.04. The number of anilines is 1. The fourth-order valence-electron chi connectivity index (χ4n) is 2.42. The number of carboxylic acid groups (broad SMARTS) is 1. The number of aryl methyl sites for hydroxylation is 1. The smallest absolute Gasteiger partial charge is 0.340 e. The Morgan fingerprint density at radius 2 is 2.18 bits per heavy atom. The largest absolute Gasteiger partial charge is 0.478 e. The number of aromatic nitrogens is 1. The molecule has 2 rings (SSSR count). The predicted molar refractivity (Wildman–Crippen MR) is 68.9 cm³/mol. The molecule has 0 spiro atoms. The van der Waals surface area contributed by atoms with E-state index >= 15 is 0 Å². The lowest BCUT2D eigenvalue weighted by Crippen LogP contribution is -2.30. The summed E-state index contributed by atoms with van der Waals surface area (Å²) in [7, 11) is 0. The quantitative estimate of drug-likeness (QED) is 0.870. The van der Waals surface area contributed by atoms with Gasteiger partial charge in [-0.25, -0.2) is 4.79 Å². The lowest BCUT2D eigenvalue weighted by molar-refractivity contribution is 0.0697. The summed E-state index contributed by atoms with van der Waals surface area (Å²) >= 11 is 1.26. The van der Waals surface area contributed by atoms with Crippen LogP contribution in [0.4, 0.5) is 5.00 Å². The normalized spacial score (nSPS) is 24.6. The van der Waals surface area contributed by atoms with E-state index in [-0.39, 0.29) is 0 Å².